The Hall–Kier alpha value is -1.38. The van der Waals surface area contributed by atoms with Crippen LogP contribution >= 0.6 is 24.8 Å². The molecule has 0 unspecified atom stereocenters. The van der Waals surface area contributed by atoms with Crippen LogP contribution in [0.15, 0.2) is 49.1 Å². The van der Waals surface area contributed by atoms with Gasteiger partial charge < -0.3 is 0 Å². The number of benzene rings is 1. The van der Waals surface area contributed by atoms with Gasteiger partial charge in [-0.15, -0.1) is 24.8 Å². The zero-order valence-electron chi connectivity index (χ0n) is 8.33. The Labute approximate surface area is 106 Å². The number of aromatic nitrogens is 2. The van der Waals surface area contributed by atoms with Crippen LogP contribution in [0.1, 0.15) is 0 Å². The number of halogens is 2. The van der Waals surface area contributed by atoms with Crippen molar-refractivity contribution in [3.8, 4) is 0 Å². The Balaban J connectivity index is 0.000000640. The van der Waals surface area contributed by atoms with E-state index in [0.29, 0.717) is 0 Å². The molecule has 1 aromatic carbocycles. The summed E-state index contributed by atoms with van der Waals surface area (Å²) >= 11 is 0. The van der Waals surface area contributed by atoms with E-state index in [-0.39, 0.29) is 24.8 Å². The number of fused-ring (bicyclic) bond motifs is 3. The van der Waals surface area contributed by atoms with Crippen LogP contribution in [0.3, 0.4) is 0 Å². The molecule has 2 heterocycles. The van der Waals surface area contributed by atoms with Crippen molar-refractivity contribution in [2.45, 2.75) is 0 Å². The number of hydrogen-bond acceptors (Lipinski definition) is 2. The Bertz CT molecular complexity index is 556. The van der Waals surface area contributed by atoms with E-state index in [0.717, 1.165) is 10.8 Å². The van der Waals surface area contributed by atoms with Crippen LogP contribution in [0.25, 0.3) is 21.5 Å². The van der Waals surface area contributed by atoms with Crippen molar-refractivity contribution in [3.63, 3.8) is 0 Å². The highest BCUT2D eigenvalue weighted by molar-refractivity contribution is 6.06. The lowest BCUT2D eigenvalue weighted by Crippen LogP contribution is -1.79. The molecule has 0 bridgehead atoms. The molecule has 0 aliphatic heterocycles. The molecule has 0 aliphatic rings. The molecule has 3 aromatic rings. The minimum Gasteiger partial charge on any atom is -0.264 e. The summed E-state index contributed by atoms with van der Waals surface area (Å²) < 4.78 is 0. The molecule has 4 heteroatoms. The first-order chi connectivity index (χ1) is 6.95. The van der Waals surface area contributed by atoms with Gasteiger partial charge in [0, 0.05) is 35.6 Å². The third-order valence-electron chi connectivity index (χ3n) is 2.44. The summed E-state index contributed by atoms with van der Waals surface area (Å²) in [5.74, 6) is 0. The monoisotopic (exact) mass is 252 g/mol. The summed E-state index contributed by atoms with van der Waals surface area (Å²) in [4.78, 5) is 8.27. The van der Waals surface area contributed by atoms with Crippen LogP contribution in [0.5, 0.6) is 0 Å². The maximum atomic E-state index is 4.14. The summed E-state index contributed by atoms with van der Waals surface area (Å²) in [5.41, 5.74) is 0. The minimum atomic E-state index is 0. The number of hydrogen-bond donors (Lipinski definition) is 0. The Morgan fingerprint density at radius 3 is 1.50 bits per heavy atom. The molecule has 2 nitrogen and oxygen atoms in total. The third-order valence-corrected chi connectivity index (χ3v) is 2.44. The van der Waals surface area contributed by atoms with Crippen LogP contribution < -0.4 is 0 Å². The molecule has 0 atom stereocenters. The van der Waals surface area contributed by atoms with Crippen molar-refractivity contribution in [2.24, 2.45) is 0 Å². The zero-order valence-corrected chi connectivity index (χ0v) is 9.96. The van der Waals surface area contributed by atoms with Gasteiger partial charge >= 0.3 is 0 Å². The predicted octanol–water partition coefficient (Wildman–Crippen LogP) is 3.63. The molecule has 0 N–H and O–H groups in total. The van der Waals surface area contributed by atoms with E-state index in [4.69, 9.17) is 0 Å². The number of nitrogens with zero attached hydrogens (tertiary/aromatic N) is 2. The van der Waals surface area contributed by atoms with E-state index < -0.39 is 0 Å². The molecular weight excluding hydrogens is 243 g/mol. The molecule has 0 saturated heterocycles. The summed E-state index contributed by atoms with van der Waals surface area (Å²) in [6.45, 7) is 0. The lowest BCUT2D eigenvalue weighted by molar-refractivity contribution is 1.35. The molecular formula is C12H10Cl2N2. The molecule has 0 radical (unpaired) electrons. The Kier molecular flexibility index (Phi) is 4.05. The first-order valence-corrected chi connectivity index (χ1v) is 4.51. The molecule has 3 rings (SSSR count). The van der Waals surface area contributed by atoms with Gasteiger partial charge in [-0.3, -0.25) is 9.97 Å². The van der Waals surface area contributed by atoms with E-state index in [1.54, 1.807) is 0 Å². The van der Waals surface area contributed by atoms with Gasteiger partial charge in [-0.05, 0) is 22.9 Å². The Morgan fingerprint density at radius 1 is 0.625 bits per heavy atom. The second-order valence-electron chi connectivity index (χ2n) is 3.26. The van der Waals surface area contributed by atoms with Crippen LogP contribution in [-0.4, -0.2) is 9.97 Å². The van der Waals surface area contributed by atoms with Crippen LogP contribution in [0.2, 0.25) is 0 Å². The highest BCUT2D eigenvalue weighted by atomic mass is 35.5. The smallest absolute Gasteiger partial charge is 0.0353 e. The molecule has 0 fully saturated rings. The van der Waals surface area contributed by atoms with Crippen LogP contribution in [0, 0.1) is 0 Å². The topological polar surface area (TPSA) is 25.8 Å². The lowest BCUT2D eigenvalue weighted by Gasteiger charge is -2.01. The van der Waals surface area contributed by atoms with E-state index >= 15 is 0 Å². The van der Waals surface area contributed by atoms with Crippen molar-refractivity contribution < 1.29 is 0 Å². The van der Waals surface area contributed by atoms with Crippen molar-refractivity contribution in [1.82, 2.24) is 9.97 Å². The second kappa shape index (κ2) is 5.10. The normalized spacial score (nSPS) is 9.50. The first kappa shape index (κ1) is 12.7. The van der Waals surface area contributed by atoms with Gasteiger partial charge in [0.25, 0.3) is 0 Å². The molecule has 16 heavy (non-hydrogen) atoms. The zero-order chi connectivity index (χ0) is 9.38. The fourth-order valence-corrected chi connectivity index (χ4v) is 1.73. The summed E-state index contributed by atoms with van der Waals surface area (Å²) in [6, 6.07) is 8.25. The highest BCUT2D eigenvalue weighted by Crippen LogP contribution is 2.22. The quantitative estimate of drug-likeness (QED) is 0.572. The SMILES string of the molecule is Cl.Cl.c1cc2ccc3ccncc3c2cn1. The van der Waals surface area contributed by atoms with E-state index in [9.17, 15) is 0 Å². The van der Waals surface area contributed by atoms with Gasteiger partial charge in [0.1, 0.15) is 0 Å². The maximum absolute atomic E-state index is 4.14. The van der Waals surface area contributed by atoms with Gasteiger partial charge in [0.2, 0.25) is 0 Å². The summed E-state index contributed by atoms with van der Waals surface area (Å²) in [6.07, 6.45) is 7.40. The third kappa shape index (κ3) is 1.94. The fourth-order valence-electron chi connectivity index (χ4n) is 1.73. The van der Waals surface area contributed by atoms with Crippen molar-refractivity contribution >= 4 is 46.4 Å². The standard InChI is InChI=1S/C12H8N2.2ClH/c1-2-10-4-6-14-8-12(10)11-7-13-5-3-9(1)11;;/h1-8H;2*1H. The van der Waals surface area contributed by atoms with Crippen molar-refractivity contribution in [1.29, 1.82) is 0 Å². The van der Waals surface area contributed by atoms with Gasteiger partial charge in [-0.2, -0.15) is 0 Å². The first-order valence-electron chi connectivity index (χ1n) is 4.51. The number of pyridine rings is 2. The maximum Gasteiger partial charge on any atom is 0.0353 e. The van der Waals surface area contributed by atoms with E-state index in [1.165, 1.54) is 10.8 Å². The van der Waals surface area contributed by atoms with E-state index in [2.05, 4.69) is 22.1 Å². The van der Waals surface area contributed by atoms with Crippen molar-refractivity contribution in [3.05, 3.63) is 49.1 Å². The lowest BCUT2D eigenvalue weighted by atomic mass is 10.1. The molecule has 0 saturated carbocycles. The highest BCUT2D eigenvalue weighted by Gasteiger charge is 1.98. The van der Waals surface area contributed by atoms with Gasteiger partial charge in [0.05, 0.1) is 0 Å². The van der Waals surface area contributed by atoms with E-state index in [1.807, 2.05) is 36.9 Å². The van der Waals surface area contributed by atoms with Gasteiger partial charge in [0.15, 0.2) is 0 Å². The molecule has 0 aliphatic carbocycles. The Morgan fingerprint density at radius 2 is 1.06 bits per heavy atom. The van der Waals surface area contributed by atoms with Crippen LogP contribution in [-0.2, 0) is 0 Å². The average Bonchev–Trinajstić information content (AvgIpc) is 2.29. The van der Waals surface area contributed by atoms with Gasteiger partial charge in [-0.25, -0.2) is 0 Å². The predicted molar refractivity (Wildman–Crippen MR) is 71.5 cm³/mol. The summed E-state index contributed by atoms with van der Waals surface area (Å²) in [7, 11) is 0. The molecule has 0 spiro atoms. The van der Waals surface area contributed by atoms with Crippen molar-refractivity contribution in [2.75, 3.05) is 0 Å². The number of rotatable bonds is 0. The molecule has 2 aromatic heterocycles. The van der Waals surface area contributed by atoms with Gasteiger partial charge in [-0.1, -0.05) is 12.1 Å². The fraction of sp³-hybridized carbons (Fsp3) is 0. The molecule has 82 valence electrons. The largest absolute Gasteiger partial charge is 0.264 e. The van der Waals surface area contributed by atoms with Crippen LogP contribution in [0.4, 0.5) is 0 Å². The molecule has 0 amide bonds. The summed E-state index contributed by atoms with van der Waals surface area (Å²) in [5, 5.41) is 4.75. The average molecular weight is 253 g/mol. The second-order valence-corrected chi connectivity index (χ2v) is 3.26. The minimum absolute atomic E-state index is 0.